The van der Waals surface area contributed by atoms with Crippen LogP contribution >= 0.6 is 0 Å². The summed E-state index contributed by atoms with van der Waals surface area (Å²) in [5.74, 6) is 0.709. The number of alkyl carbamates (subject to hydrolysis) is 2. The SMILES string of the molecule is CCOc1cc(NC(=O)c2ccc(N3CCN(C(=O)C4(C)CCCN4C(=O)C(NC(=O)OC)C(C)C)CC3C)nc2)ccc1-c1ccc(-c2cnc(C3CCCN3C(=O)[C@@H](NC(=O)OC)C(C)C)[nH]2)cc1. The fraction of sp³-hybridized carbons (Fsp3) is 0.500. The molecule has 6 amide bonds. The molecule has 2 aromatic heterocycles. The highest BCUT2D eigenvalue weighted by Crippen LogP contribution is 2.37. The Hall–Kier alpha value is -7.18. The molecule has 2 aromatic carbocycles. The number of carbonyl (C=O) groups is 6. The average Bonchev–Trinajstić information content (AvgIpc) is 4.15. The molecular weight excluding hydrogens is 909 g/mol. The summed E-state index contributed by atoms with van der Waals surface area (Å²) in [5.41, 5.74) is 3.35. The van der Waals surface area contributed by atoms with Crippen molar-refractivity contribution in [2.45, 2.75) is 104 Å². The summed E-state index contributed by atoms with van der Waals surface area (Å²) >= 11 is 0. The van der Waals surface area contributed by atoms with Crippen LogP contribution in [0.15, 0.2) is 67.0 Å². The number of ether oxygens (including phenoxy) is 3. The lowest BCUT2D eigenvalue weighted by Crippen LogP contribution is -2.64. The Morgan fingerprint density at radius 2 is 1.48 bits per heavy atom. The smallest absolute Gasteiger partial charge is 0.407 e. The van der Waals surface area contributed by atoms with Gasteiger partial charge in [-0.3, -0.25) is 19.2 Å². The first kappa shape index (κ1) is 51.7. The van der Waals surface area contributed by atoms with Crippen LogP contribution in [-0.4, -0.2) is 143 Å². The Morgan fingerprint density at radius 3 is 2.10 bits per heavy atom. The molecule has 3 saturated heterocycles. The molecule has 0 radical (unpaired) electrons. The maximum absolute atomic E-state index is 14.2. The summed E-state index contributed by atoms with van der Waals surface area (Å²) in [6.07, 6.45) is 4.74. The number of imidazole rings is 1. The minimum Gasteiger partial charge on any atom is -0.493 e. The van der Waals surface area contributed by atoms with E-state index in [9.17, 15) is 28.8 Å². The number of aromatic nitrogens is 3. The predicted molar refractivity (Wildman–Crippen MR) is 268 cm³/mol. The molecule has 3 aliphatic rings. The highest BCUT2D eigenvalue weighted by molar-refractivity contribution is 6.04. The van der Waals surface area contributed by atoms with E-state index in [0.717, 1.165) is 35.2 Å². The Morgan fingerprint density at radius 1 is 0.803 bits per heavy atom. The highest BCUT2D eigenvalue weighted by Gasteiger charge is 2.50. The molecule has 7 rings (SSSR count). The Kier molecular flexibility index (Phi) is 16.2. The number of rotatable bonds is 15. The zero-order valence-corrected chi connectivity index (χ0v) is 42.2. The molecule has 4 N–H and O–H groups in total. The molecule has 3 fully saturated rings. The van der Waals surface area contributed by atoms with Crippen molar-refractivity contribution in [3.8, 4) is 28.1 Å². The Labute approximate surface area is 415 Å². The molecule has 4 unspecified atom stereocenters. The second kappa shape index (κ2) is 22.3. The van der Waals surface area contributed by atoms with E-state index in [1.54, 1.807) is 34.3 Å². The van der Waals surface area contributed by atoms with Gasteiger partial charge in [0.2, 0.25) is 17.7 Å². The van der Waals surface area contributed by atoms with Crippen LogP contribution in [0, 0.1) is 11.8 Å². The number of nitrogens with one attached hydrogen (secondary N) is 4. The number of aromatic amines is 1. The number of hydrogen-bond acceptors (Lipinski definition) is 12. The molecule has 0 bridgehead atoms. The topological polar surface area (TPSA) is 221 Å². The normalized spacial score (nSPS) is 19.9. The van der Waals surface area contributed by atoms with Crippen LogP contribution in [0.5, 0.6) is 5.75 Å². The number of likely N-dealkylation sites (tertiary alicyclic amines) is 2. The molecule has 4 aromatic rings. The number of pyridine rings is 1. The zero-order chi connectivity index (χ0) is 51.1. The van der Waals surface area contributed by atoms with Gasteiger partial charge in [-0.25, -0.2) is 19.6 Å². The van der Waals surface area contributed by atoms with Crippen LogP contribution in [0.25, 0.3) is 22.4 Å². The molecular formula is C52H68N10O9. The first-order valence-electron chi connectivity index (χ1n) is 24.5. The fourth-order valence-corrected chi connectivity index (χ4v) is 9.91. The number of piperazine rings is 1. The van der Waals surface area contributed by atoms with Gasteiger partial charge in [0.25, 0.3) is 5.91 Å². The third-order valence-corrected chi connectivity index (χ3v) is 13.9. The summed E-state index contributed by atoms with van der Waals surface area (Å²) < 4.78 is 15.6. The Balaban J connectivity index is 0.960. The van der Waals surface area contributed by atoms with E-state index in [4.69, 9.17) is 14.2 Å². The predicted octanol–water partition coefficient (Wildman–Crippen LogP) is 6.63. The van der Waals surface area contributed by atoms with Gasteiger partial charge in [0, 0.05) is 62.3 Å². The molecule has 19 nitrogen and oxygen atoms in total. The van der Waals surface area contributed by atoms with Crippen molar-refractivity contribution < 1.29 is 43.0 Å². The Bertz CT molecular complexity index is 2570. The molecule has 0 spiro atoms. The second-order valence-electron chi connectivity index (χ2n) is 19.3. The third-order valence-electron chi connectivity index (χ3n) is 13.9. The van der Waals surface area contributed by atoms with E-state index < -0.39 is 29.8 Å². The fourth-order valence-electron chi connectivity index (χ4n) is 9.91. The van der Waals surface area contributed by atoms with Crippen molar-refractivity contribution in [1.29, 1.82) is 0 Å². The number of methoxy groups -OCH3 is 2. The second-order valence-corrected chi connectivity index (χ2v) is 19.3. The summed E-state index contributed by atoms with van der Waals surface area (Å²) in [6, 6.07) is 15.2. The van der Waals surface area contributed by atoms with Gasteiger partial charge in [0.1, 0.15) is 35.0 Å². The van der Waals surface area contributed by atoms with Crippen molar-refractivity contribution in [3.05, 3.63) is 78.4 Å². The first-order chi connectivity index (χ1) is 34.0. The number of H-pyrrole nitrogens is 1. The zero-order valence-electron chi connectivity index (χ0n) is 42.2. The number of amides is 6. The number of nitrogens with zero attached hydrogens (tertiary/aromatic N) is 6. The van der Waals surface area contributed by atoms with Gasteiger partial charge in [0.15, 0.2) is 0 Å². The van der Waals surface area contributed by atoms with Gasteiger partial charge >= 0.3 is 12.2 Å². The molecule has 0 aliphatic carbocycles. The largest absolute Gasteiger partial charge is 0.493 e. The molecule has 5 atom stereocenters. The van der Waals surface area contributed by atoms with Crippen LogP contribution in [0.1, 0.15) is 96.4 Å². The summed E-state index contributed by atoms with van der Waals surface area (Å²) in [5, 5.41) is 8.33. The number of carbonyl (C=O) groups excluding carboxylic acids is 6. The lowest BCUT2D eigenvalue weighted by Gasteiger charge is -2.45. The van der Waals surface area contributed by atoms with E-state index in [1.165, 1.54) is 14.2 Å². The summed E-state index contributed by atoms with van der Waals surface area (Å²) in [7, 11) is 2.53. The van der Waals surface area contributed by atoms with Crippen molar-refractivity contribution in [3.63, 3.8) is 0 Å². The van der Waals surface area contributed by atoms with Gasteiger partial charge in [-0.1, -0.05) is 52.0 Å². The minimum atomic E-state index is -1.04. The third kappa shape index (κ3) is 11.2. The highest BCUT2D eigenvalue weighted by atomic mass is 16.5. The van der Waals surface area contributed by atoms with Gasteiger partial charge < -0.3 is 54.7 Å². The van der Waals surface area contributed by atoms with Gasteiger partial charge in [0.05, 0.1) is 44.3 Å². The van der Waals surface area contributed by atoms with Gasteiger partial charge in [-0.2, -0.15) is 0 Å². The maximum atomic E-state index is 14.2. The maximum Gasteiger partial charge on any atom is 0.407 e. The van der Waals surface area contributed by atoms with Crippen LogP contribution in [0.4, 0.5) is 21.1 Å². The van der Waals surface area contributed by atoms with E-state index in [0.29, 0.717) is 80.8 Å². The van der Waals surface area contributed by atoms with Crippen molar-refractivity contribution in [2.24, 2.45) is 11.8 Å². The standard InChI is InChI=1S/C52H68N10O9/c1-10-71-41-27-37(19-20-38(41)34-14-16-35(17-15-34)39-29-54-45(56-39)40-13-11-23-61(40)47(64)43(31(2)3)57-50(67)69-8)55-46(63)36-18-21-42(53-28-36)60-26-25-59(30-33(60)6)49(66)52(7)22-12-24-62(52)48(65)44(32(4)5)58-51(68)70-9/h14-21,27-29,31-33,40,43-44H,10-13,22-26,30H2,1-9H3,(H,54,56)(H,55,63)(H,57,67)(H,58,68)/t33?,40?,43-,44?,52?/m0/s1. The van der Waals surface area contributed by atoms with Crippen molar-refractivity contribution in [2.75, 3.05) is 63.8 Å². The lowest BCUT2D eigenvalue weighted by molar-refractivity contribution is -0.152. The van der Waals surface area contributed by atoms with E-state index in [-0.39, 0.29) is 47.5 Å². The van der Waals surface area contributed by atoms with E-state index >= 15 is 0 Å². The van der Waals surface area contributed by atoms with Gasteiger partial charge in [-0.15, -0.1) is 0 Å². The lowest BCUT2D eigenvalue weighted by atomic mass is 9.93. The van der Waals surface area contributed by atoms with Crippen molar-refractivity contribution >= 4 is 47.3 Å². The van der Waals surface area contributed by atoms with E-state index in [1.807, 2.05) is 95.8 Å². The van der Waals surface area contributed by atoms with Crippen molar-refractivity contribution in [1.82, 2.24) is 40.3 Å². The quantitative estimate of drug-likeness (QED) is 0.0986. The first-order valence-corrected chi connectivity index (χ1v) is 24.5. The number of anilines is 2. The van der Waals surface area contributed by atoms with Crippen LogP contribution in [0.2, 0.25) is 0 Å². The number of hydrogen-bond donors (Lipinski definition) is 4. The summed E-state index contributed by atoms with van der Waals surface area (Å²) in [6.45, 7) is 16.0. The minimum absolute atomic E-state index is 0.0991. The van der Waals surface area contributed by atoms with Gasteiger partial charge in [-0.05, 0) is 93.7 Å². The molecule has 0 saturated carbocycles. The van der Waals surface area contributed by atoms with Crippen LogP contribution < -0.4 is 25.6 Å². The molecule has 5 heterocycles. The molecule has 3 aliphatic heterocycles. The van der Waals surface area contributed by atoms with Crippen LogP contribution in [-0.2, 0) is 23.9 Å². The number of benzene rings is 2. The monoisotopic (exact) mass is 977 g/mol. The van der Waals surface area contributed by atoms with E-state index in [2.05, 4.69) is 35.8 Å². The average molecular weight is 977 g/mol. The molecule has 19 heteroatoms. The molecule has 380 valence electrons. The summed E-state index contributed by atoms with van der Waals surface area (Å²) in [4.78, 5) is 99.3. The van der Waals surface area contributed by atoms with Crippen LogP contribution in [0.3, 0.4) is 0 Å². The molecule has 71 heavy (non-hydrogen) atoms.